The van der Waals surface area contributed by atoms with E-state index in [0.717, 1.165) is 22.6 Å². The van der Waals surface area contributed by atoms with Crippen molar-refractivity contribution in [2.75, 3.05) is 4.90 Å². The second kappa shape index (κ2) is 9.28. The number of hydrogen-bond acceptors (Lipinski definition) is 2. The van der Waals surface area contributed by atoms with Crippen LogP contribution >= 0.6 is 0 Å². The molecule has 1 heterocycles. The zero-order valence-electron chi connectivity index (χ0n) is 19.3. The van der Waals surface area contributed by atoms with E-state index >= 15 is 0 Å². The Labute approximate surface area is 205 Å². The van der Waals surface area contributed by atoms with Crippen LogP contribution in [0.25, 0.3) is 33.2 Å². The fourth-order valence-electron chi connectivity index (χ4n) is 4.62. The lowest BCUT2D eigenvalue weighted by atomic mass is 9.97. The number of anilines is 3. The van der Waals surface area contributed by atoms with E-state index in [0.29, 0.717) is 0 Å². The van der Waals surface area contributed by atoms with Crippen LogP contribution in [0.3, 0.4) is 0 Å². The van der Waals surface area contributed by atoms with Gasteiger partial charge in [0.25, 0.3) is 0 Å². The minimum atomic E-state index is 1.02. The molecule has 0 N–H and O–H groups in total. The number of nitrogens with zero attached hydrogens (tertiary/aromatic N) is 2. The number of pyridine rings is 1. The highest BCUT2D eigenvalue weighted by Crippen LogP contribution is 2.36. The Morgan fingerprint density at radius 3 is 1.74 bits per heavy atom. The van der Waals surface area contributed by atoms with Crippen molar-refractivity contribution in [2.24, 2.45) is 0 Å². The van der Waals surface area contributed by atoms with Crippen LogP contribution in [-0.4, -0.2) is 4.98 Å². The molecule has 0 saturated carbocycles. The van der Waals surface area contributed by atoms with Gasteiger partial charge in [0.15, 0.2) is 0 Å². The van der Waals surface area contributed by atoms with Crippen molar-refractivity contribution in [3.63, 3.8) is 0 Å². The normalized spacial score (nSPS) is 10.9. The van der Waals surface area contributed by atoms with Gasteiger partial charge < -0.3 is 4.90 Å². The van der Waals surface area contributed by atoms with Crippen molar-refractivity contribution >= 4 is 28.0 Å². The number of fused-ring (bicyclic) bond motifs is 1. The van der Waals surface area contributed by atoms with Crippen LogP contribution in [0.1, 0.15) is 0 Å². The molecule has 166 valence electrons. The molecule has 5 aromatic carbocycles. The van der Waals surface area contributed by atoms with Gasteiger partial charge >= 0.3 is 0 Å². The van der Waals surface area contributed by atoms with Gasteiger partial charge in [0.1, 0.15) is 0 Å². The summed E-state index contributed by atoms with van der Waals surface area (Å²) in [5, 5.41) is 1.17. The first-order valence-corrected chi connectivity index (χ1v) is 11.8. The van der Waals surface area contributed by atoms with Crippen molar-refractivity contribution in [1.82, 2.24) is 4.98 Å². The zero-order valence-corrected chi connectivity index (χ0v) is 19.3. The van der Waals surface area contributed by atoms with Gasteiger partial charge in [-0.3, -0.25) is 4.98 Å². The third-order valence-corrected chi connectivity index (χ3v) is 6.31. The zero-order chi connectivity index (χ0) is 23.5. The summed E-state index contributed by atoms with van der Waals surface area (Å²) in [6.45, 7) is 0. The summed E-state index contributed by atoms with van der Waals surface area (Å²) in [7, 11) is 0. The van der Waals surface area contributed by atoms with E-state index in [9.17, 15) is 0 Å². The molecule has 0 unspecified atom stereocenters. The number of benzene rings is 5. The van der Waals surface area contributed by atoms with Gasteiger partial charge in [0.2, 0.25) is 0 Å². The SMILES string of the molecule is c1ccc(N(c2ccccc2)c2ccc(-c3cccc(-c4ccnc5ccccc45)c3)cc2)cc1. The van der Waals surface area contributed by atoms with Gasteiger partial charge in [-0.2, -0.15) is 0 Å². The lowest BCUT2D eigenvalue weighted by molar-refractivity contribution is 1.28. The molecule has 2 nitrogen and oxygen atoms in total. The van der Waals surface area contributed by atoms with Gasteiger partial charge in [-0.05, 0) is 76.9 Å². The molecule has 0 amide bonds. The summed E-state index contributed by atoms with van der Waals surface area (Å²) in [6.07, 6.45) is 1.89. The smallest absolute Gasteiger partial charge is 0.0708 e. The van der Waals surface area contributed by atoms with Crippen LogP contribution in [0.2, 0.25) is 0 Å². The predicted molar refractivity (Wildman–Crippen MR) is 147 cm³/mol. The van der Waals surface area contributed by atoms with E-state index in [-0.39, 0.29) is 0 Å². The van der Waals surface area contributed by atoms with Crippen LogP contribution in [0, 0.1) is 0 Å². The summed E-state index contributed by atoms with van der Waals surface area (Å²) in [5.41, 5.74) is 9.20. The van der Waals surface area contributed by atoms with E-state index in [1.807, 2.05) is 12.3 Å². The molecule has 2 heteroatoms. The van der Waals surface area contributed by atoms with Crippen molar-refractivity contribution in [2.45, 2.75) is 0 Å². The van der Waals surface area contributed by atoms with Gasteiger partial charge in [0, 0.05) is 28.6 Å². The van der Waals surface area contributed by atoms with Gasteiger partial charge in [-0.15, -0.1) is 0 Å². The summed E-state index contributed by atoms with van der Waals surface area (Å²) in [4.78, 5) is 6.80. The molecule has 0 aliphatic heterocycles. The third-order valence-electron chi connectivity index (χ3n) is 6.31. The highest BCUT2D eigenvalue weighted by molar-refractivity contribution is 5.95. The number of aromatic nitrogens is 1. The molecule has 1 aromatic heterocycles. The molecule has 0 aliphatic carbocycles. The molecule has 0 fully saturated rings. The van der Waals surface area contributed by atoms with Crippen LogP contribution in [0.15, 0.2) is 146 Å². The van der Waals surface area contributed by atoms with Crippen LogP contribution in [-0.2, 0) is 0 Å². The lowest BCUT2D eigenvalue weighted by Crippen LogP contribution is -2.09. The van der Waals surface area contributed by atoms with Gasteiger partial charge in [-0.25, -0.2) is 0 Å². The average Bonchev–Trinajstić information content (AvgIpc) is 2.94. The first-order chi connectivity index (χ1) is 17.4. The first-order valence-electron chi connectivity index (χ1n) is 11.8. The third kappa shape index (κ3) is 4.18. The maximum absolute atomic E-state index is 4.52. The fourth-order valence-corrected chi connectivity index (χ4v) is 4.62. The van der Waals surface area contributed by atoms with Crippen LogP contribution in [0.4, 0.5) is 17.1 Å². The first kappa shape index (κ1) is 20.9. The topological polar surface area (TPSA) is 16.1 Å². The molecule has 6 rings (SSSR count). The molecule has 0 radical (unpaired) electrons. The van der Waals surface area contributed by atoms with Crippen molar-refractivity contribution in [3.8, 4) is 22.3 Å². The van der Waals surface area contributed by atoms with E-state index in [1.165, 1.54) is 27.6 Å². The number of rotatable bonds is 5. The Morgan fingerprint density at radius 2 is 1.03 bits per heavy atom. The number of para-hydroxylation sites is 3. The van der Waals surface area contributed by atoms with E-state index in [2.05, 4.69) is 143 Å². The van der Waals surface area contributed by atoms with Crippen molar-refractivity contribution < 1.29 is 0 Å². The molecular formula is C33H24N2. The molecule has 6 aromatic rings. The summed E-state index contributed by atoms with van der Waals surface area (Å²) >= 11 is 0. The van der Waals surface area contributed by atoms with E-state index < -0.39 is 0 Å². The Morgan fingerprint density at radius 1 is 0.429 bits per heavy atom. The Balaban J connectivity index is 1.38. The minimum Gasteiger partial charge on any atom is -0.311 e. The molecule has 0 spiro atoms. The summed E-state index contributed by atoms with van der Waals surface area (Å²) < 4.78 is 0. The fraction of sp³-hybridized carbons (Fsp3) is 0. The molecule has 0 aliphatic rings. The Kier molecular flexibility index (Phi) is 5.54. The molecular weight excluding hydrogens is 424 g/mol. The molecule has 0 bridgehead atoms. The quantitative estimate of drug-likeness (QED) is 0.261. The van der Waals surface area contributed by atoms with Crippen molar-refractivity contribution in [3.05, 3.63) is 146 Å². The maximum atomic E-state index is 4.52. The molecule has 35 heavy (non-hydrogen) atoms. The average molecular weight is 449 g/mol. The van der Waals surface area contributed by atoms with Crippen LogP contribution in [0.5, 0.6) is 0 Å². The summed E-state index contributed by atoms with van der Waals surface area (Å²) in [5.74, 6) is 0. The van der Waals surface area contributed by atoms with Gasteiger partial charge in [-0.1, -0.05) is 84.9 Å². The minimum absolute atomic E-state index is 1.02. The lowest BCUT2D eigenvalue weighted by Gasteiger charge is -2.25. The maximum Gasteiger partial charge on any atom is 0.0708 e. The predicted octanol–water partition coefficient (Wildman–Crippen LogP) is 9.04. The second-order valence-corrected chi connectivity index (χ2v) is 8.51. The summed E-state index contributed by atoms with van der Waals surface area (Å²) in [6, 6.07) is 48.9. The highest BCUT2D eigenvalue weighted by Gasteiger charge is 2.12. The largest absolute Gasteiger partial charge is 0.311 e. The van der Waals surface area contributed by atoms with Gasteiger partial charge in [0.05, 0.1) is 5.52 Å². The number of hydrogen-bond donors (Lipinski definition) is 0. The monoisotopic (exact) mass is 448 g/mol. The second-order valence-electron chi connectivity index (χ2n) is 8.51. The van der Waals surface area contributed by atoms with E-state index in [1.54, 1.807) is 0 Å². The standard InChI is InChI=1S/C33H24N2/c1-3-12-28(13-4-1)35(29-14-5-2-6-15-29)30-20-18-25(19-21-30)26-10-9-11-27(24-26)31-22-23-34-33-17-8-7-16-32(31)33/h1-24H. The molecule has 0 saturated heterocycles. The van der Waals surface area contributed by atoms with Crippen molar-refractivity contribution in [1.29, 1.82) is 0 Å². The van der Waals surface area contributed by atoms with Crippen LogP contribution < -0.4 is 4.90 Å². The Bertz CT molecular complexity index is 1530. The molecule has 0 atom stereocenters. The highest BCUT2D eigenvalue weighted by atomic mass is 15.1. The Hall–Kier alpha value is -4.69. The van der Waals surface area contributed by atoms with E-state index in [4.69, 9.17) is 0 Å².